The number of nitrogens with one attached hydrogen (secondary N) is 2. The highest BCUT2D eigenvalue weighted by molar-refractivity contribution is 9.11. The van der Waals surface area contributed by atoms with Crippen LogP contribution in [-0.4, -0.2) is 21.0 Å². The second kappa shape index (κ2) is 5.35. The molecule has 1 aromatic rings. The van der Waals surface area contributed by atoms with Gasteiger partial charge in [-0.15, -0.1) is 11.3 Å². The SMILES string of the molecule is CC1(CNS(=O)(=O)c2cc(CNC3CC3)sc2Br)CC1. The van der Waals surface area contributed by atoms with Crippen LogP contribution in [0.1, 0.15) is 37.5 Å². The molecule has 0 unspecified atom stereocenters. The molecule has 2 saturated carbocycles. The summed E-state index contributed by atoms with van der Waals surface area (Å²) >= 11 is 4.88. The van der Waals surface area contributed by atoms with E-state index in [-0.39, 0.29) is 5.41 Å². The molecule has 4 nitrogen and oxygen atoms in total. The molecule has 2 aliphatic rings. The molecule has 1 heterocycles. The molecule has 0 saturated heterocycles. The van der Waals surface area contributed by atoms with E-state index in [1.807, 2.05) is 0 Å². The zero-order valence-corrected chi connectivity index (χ0v) is 14.6. The van der Waals surface area contributed by atoms with Crippen LogP contribution < -0.4 is 10.0 Å². The highest BCUT2D eigenvalue weighted by Crippen LogP contribution is 2.44. The van der Waals surface area contributed by atoms with Gasteiger partial charge in [-0.25, -0.2) is 13.1 Å². The van der Waals surface area contributed by atoms with Crippen molar-refractivity contribution < 1.29 is 8.42 Å². The Morgan fingerprint density at radius 2 is 2.15 bits per heavy atom. The Bertz CT molecular complexity index is 604. The standard InChI is InChI=1S/C13H19BrN2O2S2/c1-13(4-5-13)8-16-20(17,18)11-6-10(19-12(11)14)7-15-9-2-3-9/h6,9,15-16H,2-5,7-8H2,1H3. The topological polar surface area (TPSA) is 58.2 Å². The third-order valence-corrected chi connectivity index (χ3v) is 7.58. The number of thiophene rings is 1. The van der Waals surface area contributed by atoms with E-state index in [1.54, 1.807) is 6.07 Å². The quantitative estimate of drug-likeness (QED) is 0.766. The van der Waals surface area contributed by atoms with Crippen molar-refractivity contribution in [1.82, 2.24) is 10.0 Å². The largest absolute Gasteiger partial charge is 0.309 e. The predicted octanol–water partition coefficient (Wildman–Crippen LogP) is 2.84. The van der Waals surface area contributed by atoms with Crippen LogP contribution in [0.2, 0.25) is 0 Å². The van der Waals surface area contributed by atoms with Gasteiger partial charge in [-0.3, -0.25) is 0 Å². The Labute approximate surface area is 132 Å². The van der Waals surface area contributed by atoms with Crippen molar-refractivity contribution in [2.24, 2.45) is 5.41 Å². The van der Waals surface area contributed by atoms with E-state index in [4.69, 9.17) is 0 Å². The molecule has 0 spiro atoms. The maximum atomic E-state index is 12.3. The van der Waals surface area contributed by atoms with E-state index in [1.165, 1.54) is 24.2 Å². The van der Waals surface area contributed by atoms with Crippen molar-refractivity contribution in [3.8, 4) is 0 Å². The van der Waals surface area contributed by atoms with Gasteiger partial charge in [0.05, 0.1) is 3.79 Å². The fourth-order valence-corrected chi connectivity index (χ4v) is 5.77. The van der Waals surface area contributed by atoms with E-state index in [0.29, 0.717) is 21.3 Å². The van der Waals surface area contributed by atoms with Crippen molar-refractivity contribution in [3.05, 3.63) is 14.7 Å². The minimum Gasteiger partial charge on any atom is -0.309 e. The molecule has 0 atom stereocenters. The summed E-state index contributed by atoms with van der Waals surface area (Å²) in [6, 6.07) is 2.41. The number of halogens is 1. The van der Waals surface area contributed by atoms with Gasteiger partial charge in [0, 0.05) is 24.0 Å². The van der Waals surface area contributed by atoms with Crippen LogP contribution in [0.3, 0.4) is 0 Å². The number of hydrogen-bond donors (Lipinski definition) is 2. The van der Waals surface area contributed by atoms with Crippen LogP contribution in [0.4, 0.5) is 0 Å². The van der Waals surface area contributed by atoms with Gasteiger partial charge in [0.15, 0.2) is 0 Å². The van der Waals surface area contributed by atoms with E-state index < -0.39 is 10.0 Å². The molecular formula is C13H19BrN2O2S2. The lowest BCUT2D eigenvalue weighted by molar-refractivity contribution is 0.530. The third-order valence-electron chi connectivity index (χ3n) is 3.93. The van der Waals surface area contributed by atoms with E-state index in [9.17, 15) is 8.42 Å². The summed E-state index contributed by atoms with van der Waals surface area (Å²) in [6.07, 6.45) is 4.68. The average Bonchev–Trinajstić information content (AvgIpc) is 3.29. The van der Waals surface area contributed by atoms with Crippen molar-refractivity contribution in [3.63, 3.8) is 0 Å². The maximum absolute atomic E-state index is 12.3. The minimum atomic E-state index is -3.40. The molecule has 7 heteroatoms. The summed E-state index contributed by atoms with van der Waals surface area (Å²) in [5.41, 5.74) is 0.173. The molecular weight excluding hydrogens is 360 g/mol. The van der Waals surface area contributed by atoms with Crippen molar-refractivity contribution >= 4 is 37.3 Å². The van der Waals surface area contributed by atoms with Crippen LogP contribution in [0.15, 0.2) is 14.7 Å². The summed E-state index contributed by atoms with van der Waals surface area (Å²) < 4.78 is 28.1. The molecule has 0 amide bonds. The van der Waals surface area contributed by atoms with E-state index >= 15 is 0 Å². The Hall–Kier alpha value is 0.0500. The lowest BCUT2D eigenvalue weighted by Crippen LogP contribution is -2.29. The van der Waals surface area contributed by atoms with Crippen molar-refractivity contribution in [1.29, 1.82) is 0 Å². The second-order valence-corrected chi connectivity index (χ2v) is 10.3. The highest BCUT2D eigenvalue weighted by atomic mass is 79.9. The van der Waals surface area contributed by atoms with Gasteiger partial charge in [0.1, 0.15) is 4.90 Å². The van der Waals surface area contributed by atoms with Gasteiger partial charge in [-0.05, 0) is 53.1 Å². The van der Waals surface area contributed by atoms with Gasteiger partial charge in [-0.1, -0.05) is 6.92 Å². The molecule has 0 bridgehead atoms. The summed E-state index contributed by atoms with van der Waals surface area (Å²) in [5, 5.41) is 3.41. The molecule has 3 rings (SSSR count). The fourth-order valence-electron chi connectivity index (χ4n) is 1.94. The monoisotopic (exact) mass is 378 g/mol. The lowest BCUT2D eigenvalue weighted by Gasteiger charge is -2.10. The summed E-state index contributed by atoms with van der Waals surface area (Å²) in [6.45, 7) is 3.40. The Morgan fingerprint density at radius 3 is 2.75 bits per heavy atom. The zero-order valence-electron chi connectivity index (χ0n) is 11.4. The first-order valence-corrected chi connectivity index (χ1v) is 9.99. The van der Waals surface area contributed by atoms with E-state index in [0.717, 1.165) is 24.3 Å². The Kier molecular flexibility index (Phi) is 4.01. The van der Waals surface area contributed by atoms with Gasteiger partial charge >= 0.3 is 0 Å². The molecule has 0 aromatic carbocycles. The summed E-state index contributed by atoms with van der Waals surface area (Å²) in [7, 11) is -3.40. The smallest absolute Gasteiger partial charge is 0.242 e. The molecule has 2 aliphatic carbocycles. The molecule has 0 radical (unpaired) electrons. The summed E-state index contributed by atoms with van der Waals surface area (Å²) in [5.74, 6) is 0. The van der Waals surface area contributed by atoms with Crippen molar-refractivity contribution in [2.75, 3.05) is 6.54 Å². The van der Waals surface area contributed by atoms with E-state index in [2.05, 4.69) is 32.9 Å². The third kappa shape index (κ3) is 3.62. The molecule has 2 N–H and O–H groups in total. The Morgan fingerprint density at radius 1 is 1.45 bits per heavy atom. The van der Waals surface area contributed by atoms with Crippen LogP contribution in [0.25, 0.3) is 0 Å². The van der Waals surface area contributed by atoms with Crippen molar-refractivity contribution in [2.45, 2.75) is 50.1 Å². The molecule has 2 fully saturated rings. The normalized spacial score (nSPS) is 21.1. The van der Waals surface area contributed by atoms with Crippen LogP contribution >= 0.6 is 27.3 Å². The maximum Gasteiger partial charge on any atom is 0.242 e. The van der Waals surface area contributed by atoms with Crippen LogP contribution in [0, 0.1) is 5.41 Å². The van der Waals surface area contributed by atoms with Gasteiger partial charge in [0.2, 0.25) is 10.0 Å². The molecule has 20 heavy (non-hydrogen) atoms. The number of sulfonamides is 1. The first-order valence-electron chi connectivity index (χ1n) is 6.89. The van der Waals surface area contributed by atoms with Gasteiger partial charge < -0.3 is 5.32 Å². The number of rotatable bonds is 7. The minimum absolute atomic E-state index is 0.173. The average molecular weight is 379 g/mol. The van der Waals surface area contributed by atoms with Crippen LogP contribution in [-0.2, 0) is 16.6 Å². The predicted molar refractivity (Wildman–Crippen MR) is 84.4 cm³/mol. The zero-order chi connectivity index (χ0) is 14.4. The fraction of sp³-hybridized carbons (Fsp3) is 0.692. The van der Waals surface area contributed by atoms with Crippen LogP contribution in [0.5, 0.6) is 0 Å². The first kappa shape index (κ1) is 15.0. The lowest BCUT2D eigenvalue weighted by atomic mass is 10.2. The number of hydrogen-bond acceptors (Lipinski definition) is 4. The molecule has 1 aromatic heterocycles. The first-order chi connectivity index (χ1) is 9.38. The second-order valence-electron chi connectivity index (χ2n) is 6.14. The highest BCUT2D eigenvalue weighted by Gasteiger charge is 2.38. The molecule has 0 aliphatic heterocycles. The van der Waals surface area contributed by atoms with Gasteiger partial charge in [0.25, 0.3) is 0 Å². The Balaban J connectivity index is 1.67. The van der Waals surface area contributed by atoms with Gasteiger partial charge in [-0.2, -0.15) is 0 Å². The molecule has 112 valence electrons. The summed E-state index contributed by atoms with van der Waals surface area (Å²) in [4.78, 5) is 1.43.